The van der Waals surface area contributed by atoms with Gasteiger partial charge in [0.15, 0.2) is 5.78 Å². The van der Waals surface area contributed by atoms with Crippen LogP contribution in [-0.2, 0) is 6.18 Å². The van der Waals surface area contributed by atoms with Crippen LogP contribution in [0.2, 0.25) is 0 Å². The van der Waals surface area contributed by atoms with Crippen molar-refractivity contribution in [2.24, 2.45) is 5.41 Å². The molecule has 1 nitrogen and oxygen atoms in total. The van der Waals surface area contributed by atoms with Gasteiger partial charge in [-0.1, -0.05) is 32.3 Å². The van der Waals surface area contributed by atoms with Crippen molar-refractivity contribution in [3.63, 3.8) is 0 Å². The summed E-state index contributed by atoms with van der Waals surface area (Å²) in [4.78, 5) is 12.6. The van der Waals surface area contributed by atoms with Gasteiger partial charge in [-0.15, -0.1) is 0 Å². The van der Waals surface area contributed by atoms with Crippen LogP contribution in [0.25, 0.3) is 0 Å². The Morgan fingerprint density at radius 2 is 1.75 bits per heavy atom. The number of ketones is 1. The maximum absolute atomic E-state index is 12.6. The summed E-state index contributed by atoms with van der Waals surface area (Å²) in [6, 6.07) is 3.41. The van der Waals surface area contributed by atoms with Crippen LogP contribution in [0.4, 0.5) is 13.2 Å². The molecule has 0 radical (unpaired) electrons. The highest BCUT2D eigenvalue weighted by molar-refractivity contribution is 6.01. The molecule has 0 atom stereocenters. The van der Waals surface area contributed by atoms with E-state index in [0.717, 1.165) is 44.2 Å². The van der Waals surface area contributed by atoms with Crippen molar-refractivity contribution in [3.05, 3.63) is 34.9 Å². The minimum atomic E-state index is -4.36. The second-order valence-electron chi connectivity index (χ2n) is 5.98. The Morgan fingerprint density at radius 1 is 1.15 bits per heavy atom. The molecule has 0 saturated heterocycles. The van der Waals surface area contributed by atoms with Gasteiger partial charge in [-0.2, -0.15) is 13.2 Å². The molecule has 110 valence electrons. The van der Waals surface area contributed by atoms with Crippen LogP contribution in [0.15, 0.2) is 18.2 Å². The first-order valence-electron chi connectivity index (χ1n) is 6.97. The highest BCUT2D eigenvalue weighted by Gasteiger charge is 2.36. The zero-order valence-corrected chi connectivity index (χ0v) is 11.8. The molecule has 4 heteroatoms. The summed E-state index contributed by atoms with van der Waals surface area (Å²) < 4.78 is 37.9. The van der Waals surface area contributed by atoms with E-state index in [0.29, 0.717) is 11.1 Å². The number of hydrogen-bond donors (Lipinski definition) is 0. The first-order chi connectivity index (χ1) is 9.24. The summed E-state index contributed by atoms with van der Waals surface area (Å²) in [7, 11) is 0. The van der Waals surface area contributed by atoms with Gasteiger partial charge in [0.1, 0.15) is 0 Å². The lowest BCUT2D eigenvalue weighted by atomic mass is 9.70. The van der Waals surface area contributed by atoms with Crippen molar-refractivity contribution in [2.75, 3.05) is 0 Å². The van der Waals surface area contributed by atoms with Crippen molar-refractivity contribution >= 4 is 5.78 Å². The summed E-state index contributed by atoms with van der Waals surface area (Å²) in [6.07, 6.45) is 0.457. The third-order valence-electron chi connectivity index (χ3n) is 4.30. The van der Waals surface area contributed by atoms with E-state index in [9.17, 15) is 18.0 Å². The molecular weight excluding hydrogens is 265 g/mol. The molecule has 0 aliphatic heterocycles. The highest BCUT2D eigenvalue weighted by atomic mass is 19.4. The van der Waals surface area contributed by atoms with Gasteiger partial charge in [0.05, 0.1) is 5.56 Å². The van der Waals surface area contributed by atoms with Crippen molar-refractivity contribution in [3.8, 4) is 0 Å². The molecule has 1 aliphatic carbocycles. The summed E-state index contributed by atoms with van der Waals surface area (Å²) in [5.74, 6) is -0.0107. The zero-order chi connectivity index (χ0) is 15.0. The van der Waals surface area contributed by atoms with Gasteiger partial charge in [-0.25, -0.2) is 0 Å². The fraction of sp³-hybridized carbons (Fsp3) is 0.562. The fourth-order valence-corrected chi connectivity index (χ4v) is 2.98. The van der Waals surface area contributed by atoms with Crippen molar-refractivity contribution in [2.45, 2.75) is 52.1 Å². The van der Waals surface area contributed by atoms with Crippen LogP contribution >= 0.6 is 0 Å². The van der Waals surface area contributed by atoms with E-state index < -0.39 is 17.2 Å². The van der Waals surface area contributed by atoms with Crippen molar-refractivity contribution in [1.29, 1.82) is 0 Å². The molecule has 20 heavy (non-hydrogen) atoms. The Balaban J connectivity index is 2.31. The molecule has 0 spiro atoms. The lowest BCUT2D eigenvalue weighted by Crippen LogP contribution is -2.30. The molecule has 1 fully saturated rings. The Kier molecular flexibility index (Phi) is 3.94. The standard InChI is InChI=1S/C16H19F3O/c1-11-10-12(16(17,18)19)6-7-13(11)14(20)15(2)8-4-3-5-9-15/h6-7,10H,3-5,8-9H2,1-2H3. The van der Waals surface area contributed by atoms with Crippen LogP contribution in [0.3, 0.4) is 0 Å². The summed E-state index contributed by atoms with van der Waals surface area (Å²) in [5.41, 5.74) is -0.262. The molecule has 1 aliphatic rings. The number of aryl methyl sites for hydroxylation is 1. The topological polar surface area (TPSA) is 17.1 Å². The Bertz CT molecular complexity index is 511. The molecule has 2 rings (SSSR count). The highest BCUT2D eigenvalue weighted by Crippen LogP contribution is 2.40. The summed E-state index contributed by atoms with van der Waals surface area (Å²) in [6.45, 7) is 3.51. The maximum Gasteiger partial charge on any atom is 0.416 e. The predicted octanol–water partition coefficient (Wildman–Crippen LogP) is 5.17. The number of halogens is 3. The summed E-state index contributed by atoms with van der Waals surface area (Å²) >= 11 is 0. The normalized spacial score (nSPS) is 18.9. The molecule has 1 aromatic carbocycles. The lowest BCUT2D eigenvalue weighted by Gasteiger charge is -2.32. The van der Waals surface area contributed by atoms with Gasteiger partial charge in [0.25, 0.3) is 0 Å². The third kappa shape index (κ3) is 2.89. The number of carbonyl (C=O) groups is 1. The Labute approximate surface area is 117 Å². The molecule has 0 unspecified atom stereocenters. The first kappa shape index (κ1) is 15.1. The summed E-state index contributed by atoms with van der Waals surface area (Å²) in [5, 5.41) is 0. The quantitative estimate of drug-likeness (QED) is 0.685. The molecule has 1 saturated carbocycles. The molecule has 0 bridgehead atoms. The molecule has 1 aromatic rings. The van der Waals surface area contributed by atoms with Gasteiger partial charge < -0.3 is 0 Å². The Morgan fingerprint density at radius 3 is 2.25 bits per heavy atom. The average Bonchev–Trinajstić information content (AvgIpc) is 2.37. The van der Waals surface area contributed by atoms with Gasteiger partial charge in [0, 0.05) is 11.0 Å². The molecule has 0 aromatic heterocycles. The van der Waals surface area contributed by atoms with E-state index in [1.807, 2.05) is 6.92 Å². The van der Waals surface area contributed by atoms with Gasteiger partial charge in [0.2, 0.25) is 0 Å². The van der Waals surface area contributed by atoms with Crippen LogP contribution in [0.1, 0.15) is 60.5 Å². The number of carbonyl (C=O) groups excluding carboxylic acids is 1. The predicted molar refractivity (Wildman–Crippen MR) is 71.7 cm³/mol. The van der Waals surface area contributed by atoms with E-state index in [1.165, 1.54) is 6.07 Å². The second-order valence-corrected chi connectivity index (χ2v) is 5.98. The number of hydrogen-bond acceptors (Lipinski definition) is 1. The molecule has 0 N–H and O–H groups in total. The van der Waals surface area contributed by atoms with Gasteiger partial charge in [-0.3, -0.25) is 4.79 Å². The molecular formula is C16H19F3O. The van der Waals surface area contributed by atoms with Crippen LogP contribution < -0.4 is 0 Å². The zero-order valence-electron chi connectivity index (χ0n) is 11.8. The second kappa shape index (κ2) is 5.23. The number of benzene rings is 1. The van der Waals surface area contributed by atoms with E-state index in [2.05, 4.69) is 0 Å². The Hall–Kier alpha value is -1.32. The van der Waals surface area contributed by atoms with Gasteiger partial charge >= 0.3 is 6.18 Å². The van der Waals surface area contributed by atoms with Crippen LogP contribution in [0.5, 0.6) is 0 Å². The number of alkyl halides is 3. The van der Waals surface area contributed by atoms with Crippen molar-refractivity contribution < 1.29 is 18.0 Å². The van der Waals surface area contributed by atoms with Gasteiger partial charge in [-0.05, 0) is 37.5 Å². The van der Waals surface area contributed by atoms with E-state index in [1.54, 1.807) is 6.92 Å². The third-order valence-corrected chi connectivity index (χ3v) is 4.30. The largest absolute Gasteiger partial charge is 0.416 e. The maximum atomic E-state index is 12.6. The van der Waals surface area contributed by atoms with Crippen LogP contribution in [-0.4, -0.2) is 5.78 Å². The van der Waals surface area contributed by atoms with E-state index in [-0.39, 0.29) is 5.78 Å². The van der Waals surface area contributed by atoms with E-state index in [4.69, 9.17) is 0 Å². The molecule has 0 amide bonds. The first-order valence-corrected chi connectivity index (χ1v) is 6.97. The number of Topliss-reactive ketones (excluding diaryl/α,β-unsaturated/α-hetero) is 1. The average molecular weight is 284 g/mol. The lowest BCUT2D eigenvalue weighted by molar-refractivity contribution is -0.137. The van der Waals surface area contributed by atoms with Crippen LogP contribution in [0, 0.1) is 12.3 Å². The van der Waals surface area contributed by atoms with Crippen molar-refractivity contribution in [1.82, 2.24) is 0 Å². The minimum Gasteiger partial charge on any atom is -0.294 e. The fourth-order valence-electron chi connectivity index (χ4n) is 2.98. The smallest absolute Gasteiger partial charge is 0.294 e. The monoisotopic (exact) mass is 284 g/mol. The molecule has 0 heterocycles. The SMILES string of the molecule is Cc1cc(C(F)(F)F)ccc1C(=O)C1(C)CCCCC1. The number of rotatable bonds is 2. The van der Waals surface area contributed by atoms with E-state index >= 15 is 0 Å². The minimum absolute atomic E-state index is 0.0107.